The fourth-order valence-corrected chi connectivity index (χ4v) is 6.59. The summed E-state index contributed by atoms with van der Waals surface area (Å²) in [6, 6.07) is 7.83. The van der Waals surface area contributed by atoms with Crippen LogP contribution in [0, 0.1) is 17.8 Å². The molecule has 3 heterocycles. The summed E-state index contributed by atoms with van der Waals surface area (Å²) < 4.78 is 34.2. The smallest absolute Gasteiger partial charge is 0.281 e. The average molecular weight is 515 g/mol. The number of nitrogens with zero attached hydrogens (tertiary/aromatic N) is 3. The Morgan fingerprint density at radius 3 is 2.64 bits per heavy atom. The third kappa shape index (κ3) is 5.99. The van der Waals surface area contributed by atoms with Crippen molar-refractivity contribution in [3.05, 3.63) is 42.1 Å². The molecule has 4 rings (SSSR count). The zero-order chi connectivity index (χ0) is 25.9. The summed E-state index contributed by atoms with van der Waals surface area (Å²) in [6.45, 7) is 9.77. The average Bonchev–Trinajstić information content (AvgIpc) is 3.14. The summed E-state index contributed by atoms with van der Waals surface area (Å²) in [5.74, 6) is 1.43. The van der Waals surface area contributed by atoms with Crippen LogP contribution in [-0.4, -0.2) is 43.0 Å². The maximum absolute atomic E-state index is 13.2. The summed E-state index contributed by atoms with van der Waals surface area (Å²) in [5.41, 5.74) is 0.0286. The number of carbonyl (C=O) groups excluding carboxylic acids is 1. The van der Waals surface area contributed by atoms with Gasteiger partial charge < -0.3 is 9.64 Å². The highest BCUT2D eigenvalue weighted by Crippen LogP contribution is 2.37. The van der Waals surface area contributed by atoms with Gasteiger partial charge in [0.05, 0.1) is 12.2 Å². The number of amides is 1. The van der Waals surface area contributed by atoms with E-state index in [1.54, 1.807) is 30.5 Å². The van der Waals surface area contributed by atoms with Crippen LogP contribution in [0.4, 0.5) is 5.82 Å². The Hall–Kier alpha value is -2.68. The zero-order valence-corrected chi connectivity index (χ0v) is 22.6. The molecule has 2 unspecified atom stereocenters. The highest BCUT2D eigenvalue weighted by molar-refractivity contribution is 7.90. The Labute approximate surface area is 214 Å². The van der Waals surface area contributed by atoms with Crippen LogP contribution in [0.5, 0.6) is 5.88 Å². The summed E-state index contributed by atoms with van der Waals surface area (Å²) in [7, 11) is -4.21. The van der Waals surface area contributed by atoms with E-state index in [0.29, 0.717) is 30.2 Å². The lowest BCUT2D eigenvalue weighted by Gasteiger charge is -2.33. The number of sulfonamides is 1. The molecule has 0 bridgehead atoms. The molecular formula is C27H38N4O4S. The van der Waals surface area contributed by atoms with Crippen molar-refractivity contribution >= 4 is 21.7 Å². The van der Waals surface area contributed by atoms with Gasteiger partial charge in [0.15, 0.2) is 5.03 Å². The van der Waals surface area contributed by atoms with Crippen molar-refractivity contribution in [2.75, 3.05) is 18.1 Å². The highest BCUT2D eigenvalue weighted by Gasteiger charge is 2.39. The van der Waals surface area contributed by atoms with Gasteiger partial charge in [-0.2, -0.15) is 13.4 Å². The van der Waals surface area contributed by atoms with E-state index in [2.05, 4.69) is 47.3 Å². The first kappa shape index (κ1) is 26.4. The number of hydrogen-bond donors (Lipinski definition) is 1. The molecule has 2 atom stereocenters. The van der Waals surface area contributed by atoms with Crippen LogP contribution < -0.4 is 14.4 Å². The number of carbonyl (C=O) groups is 1. The quantitative estimate of drug-likeness (QED) is 0.539. The normalized spacial score (nSPS) is 21.2. The van der Waals surface area contributed by atoms with Gasteiger partial charge in [-0.1, -0.05) is 52.0 Å². The standard InChI is InChI=1S/C27H38N4O4S/c1-19-16-27(3,4)31(17-19)25-22(12-9-15-28-25)26(32)30-36(33,34)24-14-8-13-23(29-24)35-18-20(2)21-10-6-5-7-11-21/h8-9,12-15,19-21H,5-7,10-11,16-18H2,1-4H3,(H,30,32). The number of nitrogens with one attached hydrogen (secondary N) is 1. The minimum Gasteiger partial charge on any atom is -0.477 e. The van der Waals surface area contributed by atoms with Gasteiger partial charge in [0.2, 0.25) is 5.88 Å². The second kappa shape index (κ2) is 10.7. The molecule has 196 valence electrons. The summed E-state index contributed by atoms with van der Waals surface area (Å²) >= 11 is 0. The second-order valence-electron chi connectivity index (χ2n) is 11.0. The van der Waals surface area contributed by atoms with E-state index in [1.807, 2.05) is 0 Å². The second-order valence-corrected chi connectivity index (χ2v) is 12.7. The molecule has 1 saturated heterocycles. The molecule has 9 heteroatoms. The van der Waals surface area contributed by atoms with Gasteiger partial charge >= 0.3 is 0 Å². The maximum atomic E-state index is 13.2. The van der Waals surface area contributed by atoms with Crippen molar-refractivity contribution in [1.82, 2.24) is 14.7 Å². The first-order chi connectivity index (χ1) is 17.1. The molecule has 1 saturated carbocycles. The van der Waals surface area contributed by atoms with Crippen molar-refractivity contribution in [3.8, 4) is 5.88 Å². The predicted molar refractivity (Wildman–Crippen MR) is 140 cm³/mol. The summed E-state index contributed by atoms with van der Waals surface area (Å²) in [5, 5.41) is -0.251. The van der Waals surface area contributed by atoms with E-state index in [9.17, 15) is 13.2 Å². The van der Waals surface area contributed by atoms with Crippen LogP contribution in [-0.2, 0) is 10.0 Å². The lowest BCUT2D eigenvalue weighted by Crippen LogP contribution is -2.41. The Morgan fingerprint density at radius 1 is 1.19 bits per heavy atom. The molecule has 2 fully saturated rings. The molecular weight excluding hydrogens is 476 g/mol. The SMILES string of the molecule is CC1CN(c2ncccc2C(=O)NS(=O)(=O)c2cccc(OCC(C)C3CCCCC3)n2)C(C)(C)C1. The van der Waals surface area contributed by atoms with Gasteiger partial charge in [0.1, 0.15) is 5.82 Å². The number of ether oxygens (including phenoxy) is 1. The molecule has 1 amide bonds. The van der Waals surface area contributed by atoms with Crippen molar-refractivity contribution in [3.63, 3.8) is 0 Å². The molecule has 2 aliphatic rings. The van der Waals surface area contributed by atoms with Crippen LogP contribution >= 0.6 is 0 Å². The van der Waals surface area contributed by atoms with Gasteiger partial charge in [0.25, 0.3) is 15.9 Å². The van der Waals surface area contributed by atoms with Crippen molar-refractivity contribution in [2.45, 2.75) is 76.8 Å². The monoisotopic (exact) mass is 514 g/mol. The Bertz CT molecular complexity index is 1180. The molecule has 8 nitrogen and oxygen atoms in total. The van der Waals surface area contributed by atoms with Crippen LogP contribution in [0.3, 0.4) is 0 Å². The molecule has 0 aromatic carbocycles. The number of rotatable bonds is 8. The minimum absolute atomic E-state index is 0.191. The highest BCUT2D eigenvalue weighted by atomic mass is 32.2. The van der Waals surface area contributed by atoms with Crippen molar-refractivity contribution in [2.24, 2.45) is 17.8 Å². The molecule has 0 spiro atoms. The van der Waals surface area contributed by atoms with E-state index in [1.165, 1.54) is 38.2 Å². The van der Waals surface area contributed by atoms with E-state index in [0.717, 1.165) is 13.0 Å². The largest absolute Gasteiger partial charge is 0.477 e. The molecule has 1 aliphatic carbocycles. The topological polar surface area (TPSA) is 101 Å². The van der Waals surface area contributed by atoms with E-state index in [-0.39, 0.29) is 22.0 Å². The number of aromatic nitrogens is 2. The molecule has 36 heavy (non-hydrogen) atoms. The van der Waals surface area contributed by atoms with Crippen LogP contribution in [0.15, 0.2) is 41.6 Å². The minimum atomic E-state index is -4.21. The molecule has 1 aliphatic heterocycles. The van der Waals surface area contributed by atoms with Gasteiger partial charge in [0, 0.05) is 24.3 Å². The maximum Gasteiger partial charge on any atom is 0.281 e. The zero-order valence-electron chi connectivity index (χ0n) is 21.7. The lowest BCUT2D eigenvalue weighted by molar-refractivity contribution is 0.0981. The number of pyridine rings is 2. The Balaban J connectivity index is 1.47. The van der Waals surface area contributed by atoms with Crippen LogP contribution in [0.25, 0.3) is 0 Å². The first-order valence-corrected chi connectivity index (χ1v) is 14.4. The van der Waals surface area contributed by atoms with Gasteiger partial charge in [-0.25, -0.2) is 9.71 Å². The fourth-order valence-electron chi connectivity index (χ4n) is 5.66. The summed E-state index contributed by atoms with van der Waals surface area (Å²) in [4.78, 5) is 23.9. The first-order valence-electron chi connectivity index (χ1n) is 13.0. The predicted octanol–water partition coefficient (Wildman–Crippen LogP) is 4.82. The number of anilines is 1. The summed E-state index contributed by atoms with van der Waals surface area (Å²) in [6.07, 6.45) is 8.81. The third-order valence-corrected chi connectivity index (χ3v) is 8.74. The van der Waals surface area contributed by atoms with Crippen molar-refractivity contribution < 1.29 is 17.9 Å². The third-order valence-electron chi connectivity index (χ3n) is 7.51. The van der Waals surface area contributed by atoms with E-state index >= 15 is 0 Å². The van der Waals surface area contributed by atoms with Gasteiger partial charge in [-0.05, 0) is 56.2 Å². The molecule has 0 radical (unpaired) electrons. The lowest BCUT2D eigenvalue weighted by atomic mass is 9.81. The van der Waals surface area contributed by atoms with Crippen LogP contribution in [0.1, 0.15) is 76.6 Å². The van der Waals surface area contributed by atoms with Crippen molar-refractivity contribution in [1.29, 1.82) is 0 Å². The Morgan fingerprint density at radius 2 is 1.94 bits per heavy atom. The Kier molecular flexibility index (Phi) is 7.87. The van der Waals surface area contributed by atoms with Gasteiger partial charge in [-0.15, -0.1) is 0 Å². The molecule has 2 aromatic heterocycles. The number of hydrogen-bond acceptors (Lipinski definition) is 7. The molecule has 1 N–H and O–H groups in total. The molecule has 2 aromatic rings. The van der Waals surface area contributed by atoms with Crippen LogP contribution in [0.2, 0.25) is 0 Å². The van der Waals surface area contributed by atoms with Gasteiger partial charge in [-0.3, -0.25) is 4.79 Å². The van der Waals surface area contributed by atoms with E-state index in [4.69, 9.17) is 4.74 Å². The van der Waals surface area contributed by atoms with E-state index < -0.39 is 15.9 Å². The fraction of sp³-hybridized carbons (Fsp3) is 0.593.